The first-order valence-electron chi connectivity index (χ1n) is 6.77. The number of hydrogen-bond donors (Lipinski definition) is 1. The third-order valence-electron chi connectivity index (χ3n) is 3.01. The van der Waals surface area contributed by atoms with Crippen LogP contribution in [0.25, 0.3) is 11.0 Å². The zero-order chi connectivity index (χ0) is 17.1. The summed E-state index contributed by atoms with van der Waals surface area (Å²) >= 11 is 11.9. The molecule has 1 aromatic carbocycles. The van der Waals surface area contributed by atoms with Crippen molar-refractivity contribution in [3.8, 4) is 5.75 Å². The van der Waals surface area contributed by atoms with Gasteiger partial charge in [-0.05, 0) is 30.3 Å². The average molecular weight is 371 g/mol. The Morgan fingerprint density at radius 2 is 1.96 bits per heavy atom. The number of hydrogen-bond acceptors (Lipinski definition) is 5. The Balaban J connectivity index is 1.86. The second-order valence-corrected chi connectivity index (χ2v) is 5.49. The number of halogens is 4. The Morgan fingerprint density at radius 1 is 1.12 bits per heavy atom. The lowest BCUT2D eigenvalue weighted by molar-refractivity contribution is 0.0820. The summed E-state index contributed by atoms with van der Waals surface area (Å²) in [5, 5.41) is 3.56. The number of anilines is 2. The minimum Gasteiger partial charge on any atom is -0.486 e. The molecule has 9 heteroatoms. The number of alkyl halides is 2. The molecular weight excluding hydrogens is 361 g/mol. The maximum atomic E-state index is 12.2. The first kappa shape index (κ1) is 16.6. The molecule has 2 heterocycles. The fourth-order valence-corrected chi connectivity index (χ4v) is 2.38. The summed E-state index contributed by atoms with van der Waals surface area (Å²) in [5.74, 6) is 0.621. The van der Waals surface area contributed by atoms with Crippen LogP contribution in [0.1, 0.15) is 0 Å². The summed E-state index contributed by atoms with van der Waals surface area (Å²) in [7, 11) is 0. The average Bonchev–Trinajstić information content (AvgIpc) is 2.54. The van der Waals surface area contributed by atoms with Gasteiger partial charge in [-0.25, -0.2) is 23.7 Å². The number of pyridine rings is 1. The van der Waals surface area contributed by atoms with E-state index in [1.54, 1.807) is 24.3 Å². The number of benzene rings is 1. The standard InChI is InChI=1S/C15H10Cl2F2N4O/c16-9-5-8(1-3-11(9)24-6-13(18)19)22-15-14-10(20-7-21-15)2-4-12(17)23-14/h1-5,7,13H,6H2,(H,20,21,22). The lowest BCUT2D eigenvalue weighted by Gasteiger charge is -2.11. The third-order valence-corrected chi connectivity index (χ3v) is 3.51. The van der Waals surface area contributed by atoms with Crippen LogP contribution in [-0.2, 0) is 0 Å². The van der Waals surface area contributed by atoms with Crippen molar-refractivity contribution in [3.63, 3.8) is 0 Å². The summed E-state index contributed by atoms with van der Waals surface area (Å²) in [4.78, 5) is 12.4. The van der Waals surface area contributed by atoms with Crippen LogP contribution in [0.15, 0.2) is 36.7 Å². The van der Waals surface area contributed by atoms with Crippen LogP contribution in [0.3, 0.4) is 0 Å². The van der Waals surface area contributed by atoms with E-state index in [-0.39, 0.29) is 10.8 Å². The number of nitrogens with one attached hydrogen (secondary N) is 1. The maximum absolute atomic E-state index is 12.2. The third kappa shape index (κ3) is 3.80. The molecule has 0 spiro atoms. The van der Waals surface area contributed by atoms with Gasteiger partial charge in [0.2, 0.25) is 0 Å². The fourth-order valence-electron chi connectivity index (χ4n) is 1.99. The van der Waals surface area contributed by atoms with Gasteiger partial charge < -0.3 is 10.1 Å². The lowest BCUT2D eigenvalue weighted by atomic mass is 10.3. The molecule has 0 saturated heterocycles. The fraction of sp³-hybridized carbons (Fsp3) is 0.133. The van der Waals surface area contributed by atoms with E-state index in [9.17, 15) is 8.78 Å². The summed E-state index contributed by atoms with van der Waals surface area (Å²) in [6.45, 7) is -0.717. The van der Waals surface area contributed by atoms with Gasteiger partial charge in [-0.15, -0.1) is 0 Å². The predicted octanol–water partition coefficient (Wildman–Crippen LogP) is 4.72. The van der Waals surface area contributed by atoms with Crippen molar-refractivity contribution < 1.29 is 13.5 Å². The Bertz CT molecular complexity index is 879. The van der Waals surface area contributed by atoms with Crippen LogP contribution in [0.2, 0.25) is 10.2 Å². The van der Waals surface area contributed by atoms with Gasteiger partial charge in [0.15, 0.2) is 5.82 Å². The Kier molecular flexibility index (Phi) is 4.92. The van der Waals surface area contributed by atoms with Crippen molar-refractivity contribution in [2.75, 3.05) is 11.9 Å². The van der Waals surface area contributed by atoms with Crippen molar-refractivity contribution in [2.24, 2.45) is 0 Å². The minimum absolute atomic E-state index is 0.177. The van der Waals surface area contributed by atoms with Gasteiger partial charge in [0.05, 0.1) is 10.5 Å². The summed E-state index contributed by atoms with van der Waals surface area (Å²) in [5.41, 5.74) is 1.71. The number of rotatable bonds is 5. The van der Waals surface area contributed by atoms with E-state index in [1.807, 2.05) is 0 Å². The highest BCUT2D eigenvalue weighted by Crippen LogP contribution is 2.30. The zero-order valence-electron chi connectivity index (χ0n) is 12.0. The largest absolute Gasteiger partial charge is 0.486 e. The van der Waals surface area contributed by atoms with Crippen molar-refractivity contribution in [1.29, 1.82) is 0 Å². The van der Waals surface area contributed by atoms with Crippen molar-refractivity contribution in [1.82, 2.24) is 15.0 Å². The van der Waals surface area contributed by atoms with Gasteiger partial charge in [-0.2, -0.15) is 0 Å². The highest BCUT2D eigenvalue weighted by Gasteiger charge is 2.10. The van der Waals surface area contributed by atoms with Crippen molar-refractivity contribution >= 4 is 45.7 Å². The molecule has 0 amide bonds. The molecule has 0 aliphatic carbocycles. The topological polar surface area (TPSA) is 59.9 Å². The highest BCUT2D eigenvalue weighted by atomic mass is 35.5. The molecule has 3 aromatic rings. The molecule has 0 bridgehead atoms. The van der Waals surface area contributed by atoms with E-state index in [0.29, 0.717) is 27.7 Å². The van der Waals surface area contributed by atoms with Gasteiger partial charge in [0.25, 0.3) is 6.43 Å². The van der Waals surface area contributed by atoms with Gasteiger partial charge in [-0.3, -0.25) is 0 Å². The lowest BCUT2D eigenvalue weighted by Crippen LogP contribution is -2.07. The van der Waals surface area contributed by atoms with E-state index in [0.717, 1.165) is 0 Å². The second-order valence-electron chi connectivity index (χ2n) is 4.70. The first-order chi connectivity index (χ1) is 11.5. The molecule has 0 unspecified atom stereocenters. The van der Waals surface area contributed by atoms with E-state index in [4.69, 9.17) is 27.9 Å². The van der Waals surface area contributed by atoms with E-state index < -0.39 is 13.0 Å². The molecule has 1 N–H and O–H groups in total. The van der Waals surface area contributed by atoms with Crippen LogP contribution < -0.4 is 10.1 Å². The van der Waals surface area contributed by atoms with Crippen molar-refractivity contribution in [2.45, 2.75) is 6.43 Å². The summed E-state index contributed by atoms with van der Waals surface area (Å²) < 4.78 is 29.3. The van der Waals surface area contributed by atoms with Crippen LogP contribution >= 0.6 is 23.2 Å². The van der Waals surface area contributed by atoms with Crippen LogP contribution in [-0.4, -0.2) is 28.0 Å². The predicted molar refractivity (Wildman–Crippen MR) is 88.6 cm³/mol. The van der Waals surface area contributed by atoms with E-state index in [1.165, 1.54) is 12.4 Å². The summed E-state index contributed by atoms with van der Waals surface area (Å²) in [6, 6.07) is 8.03. The quantitative estimate of drug-likeness (QED) is 0.658. The second kappa shape index (κ2) is 7.11. The number of nitrogens with zero attached hydrogens (tertiary/aromatic N) is 3. The molecule has 0 aliphatic heterocycles. The van der Waals surface area contributed by atoms with Gasteiger partial charge in [0, 0.05) is 5.69 Å². The molecule has 2 aromatic heterocycles. The molecule has 0 saturated carbocycles. The molecule has 124 valence electrons. The van der Waals surface area contributed by atoms with Crippen molar-refractivity contribution in [3.05, 3.63) is 46.8 Å². The van der Waals surface area contributed by atoms with Gasteiger partial charge in [-0.1, -0.05) is 23.2 Å². The Morgan fingerprint density at radius 3 is 2.71 bits per heavy atom. The molecule has 24 heavy (non-hydrogen) atoms. The van der Waals surface area contributed by atoms with E-state index >= 15 is 0 Å². The minimum atomic E-state index is -2.57. The molecule has 0 atom stereocenters. The molecular formula is C15H10Cl2F2N4O. The molecule has 0 radical (unpaired) electrons. The highest BCUT2D eigenvalue weighted by molar-refractivity contribution is 6.32. The normalized spacial score (nSPS) is 11.0. The Labute approximate surface area is 145 Å². The molecule has 0 fully saturated rings. The van der Waals surface area contributed by atoms with Crippen LogP contribution in [0.5, 0.6) is 5.75 Å². The SMILES string of the molecule is FC(F)COc1ccc(Nc2ncnc3ccc(Cl)nc23)cc1Cl. The molecule has 3 rings (SSSR count). The van der Waals surface area contributed by atoms with Crippen LogP contribution in [0, 0.1) is 0 Å². The first-order valence-corrected chi connectivity index (χ1v) is 7.53. The Hall–Kier alpha value is -2.25. The number of ether oxygens (including phenoxy) is 1. The monoisotopic (exact) mass is 370 g/mol. The van der Waals surface area contributed by atoms with Gasteiger partial charge >= 0.3 is 0 Å². The number of aromatic nitrogens is 3. The van der Waals surface area contributed by atoms with E-state index in [2.05, 4.69) is 20.3 Å². The van der Waals surface area contributed by atoms with Crippen LogP contribution in [0.4, 0.5) is 20.3 Å². The molecule has 0 aliphatic rings. The number of fused-ring (bicyclic) bond motifs is 1. The molecule has 5 nitrogen and oxygen atoms in total. The zero-order valence-corrected chi connectivity index (χ0v) is 13.5. The smallest absolute Gasteiger partial charge is 0.272 e. The summed E-state index contributed by atoms with van der Waals surface area (Å²) in [6.07, 6.45) is -1.18. The maximum Gasteiger partial charge on any atom is 0.272 e. The van der Waals surface area contributed by atoms with Gasteiger partial charge in [0.1, 0.15) is 29.4 Å².